The molecule has 94 valence electrons. The van der Waals surface area contributed by atoms with E-state index in [2.05, 4.69) is 16.4 Å². The van der Waals surface area contributed by atoms with Gasteiger partial charge in [0, 0.05) is 13.1 Å². The highest BCUT2D eigenvalue weighted by atomic mass is 16.5. The highest BCUT2D eigenvalue weighted by Crippen LogP contribution is 1.95. The van der Waals surface area contributed by atoms with Crippen LogP contribution in [0.15, 0.2) is 12.7 Å². The fraction of sp³-hybridized carbons (Fsp3) is 0.750. The van der Waals surface area contributed by atoms with E-state index >= 15 is 0 Å². The van der Waals surface area contributed by atoms with Gasteiger partial charge in [-0.05, 0) is 34.0 Å². The summed E-state index contributed by atoms with van der Waals surface area (Å²) in [5.74, 6) is -0.158. The first-order chi connectivity index (χ1) is 7.60. The van der Waals surface area contributed by atoms with Crippen LogP contribution in [-0.2, 0) is 9.53 Å². The zero-order valence-corrected chi connectivity index (χ0v) is 10.7. The summed E-state index contributed by atoms with van der Waals surface area (Å²) in [6.45, 7) is 8.96. The first-order valence-electron chi connectivity index (χ1n) is 5.73. The maximum atomic E-state index is 11.3. The van der Waals surface area contributed by atoms with Gasteiger partial charge < -0.3 is 9.64 Å². The molecule has 0 heterocycles. The van der Waals surface area contributed by atoms with E-state index in [0.29, 0.717) is 13.2 Å². The second-order valence-corrected chi connectivity index (χ2v) is 3.99. The van der Waals surface area contributed by atoms with Gasteiger partial charge in [-0.25, -0.2) is 0 Å². The third-order valence-electron chi connectivity index (χ3n) is 2.12. The molecule has 0 aromatic rings. The lowest BCUT2D eigenvalue weighted by Crippen LogP contribution is -2.33. The lowest BCUT2D eigenvalue weighted by molar-refractivity contribution is -0.144. The molecule has 0 radical (unpaired) electrons. The average Bonchev–Trinajstić information content (AvgIpc) is 2.17. The first-order valence-corrected chi connectivity index (χ1v) is 5.73. The molecule has 0 unspecified atom stereocenters. The summed E-state index contributed by atoms with van der Waals surface area (Å²) in [5.41, 5.74) is 0. The van der Waals surface area contributed by atoms with Crippen LogP contribution in [0.3, 0.4) is 0 Å². The van der Waals surface area contributed by atoms with Crippen molar-refractivity contribution >= 4 is 5.97 Å². The van der Waals surface area contributed by atoms with Crippen LogP contribution in [0.1, 0.15) is 13.3 Å². The van der Waals surface area contributed by atoms with Gasteiger partial charge >= 0.3 is 5.97 Å². The van der Waals surface area contributed by atoms with Gasteiger partial charge in [-0.3, -0.25) is 9.69 Å². The molecule has 0 aliphatic carbocycles. The van der Waals surface area contributed by atoms with Gasteiger partial charge in [-0.2, -0.15) is 0 Å². The summed E-state index contributed by atoms with van der Waals surface area (Å²) in [7, 11) is 4.09. The molecule has 0 saturated heterocycles. The molecule has 16 heavy (non-hydrogen) atoms. The Morgan fingerprint density at radius 2 is 2.06 bits per heavy atom. The SMILES string of the molecule is C=CCN(CCCN(C)C)CC(=O)OCC. The van der Waals surface area contributed by atoms with E-state index in [1.165, 1.54) is 0 Å². The third kappa shape index (κ3) is 8.44. The molecule has 0 aromatic heterocycles. The Balaban J connectivity index is 3.86. The van der Waals surface area contributed by atoms with Crippen molar-refractivity contribution in [1.29, 1.82) is 0 Å². The number of carbonyl (C=O) groups excluding carboxylic acids is 1. The van der Waals surface area contributed by atoms with Crippen molar-refractivity contribution in [2.24, 2.45) is 0 Å². The highest BCUT2D eigenvalue weighted by molar-refractivity contribution is 5.71. The van der Waals surface area contributed by atoms with E-state index in [0.717, 1.165) is 26.1 Å². The molecule has 0 fully saturated rings. The Hall–Kier alpha value is -0.870. The minimum atomic E-state index is -0.158. The summed E-state index contributed by atoms with van der Waals surface area (Å²) in [6.07, 6.45) is 2.86. The van der Waals surface area contributed by atoms with Crippen molar-refractivity contribution in [2.45, 2.75) is 13.3 Å². The van der Waals surface area contributed by atoms with Gasteiger partial charge in [-0.15, -0.1) is 6.58 Å². The van der Waals surface area contributed by atoms with Gasteiger partial charge in [0.1, 0.15) is 0 Å². The zero-order valence-electron chi connectivity index (χ0n) is 10.7. The van der Waals surface area contributed by atoms with Crippen LogP contribution >= 0.6 is 0 Å². The Morgan fingerprint density at radius 3 is 2.56 bits per heavy atom. The molecule has 4 heteroatoms. The van der Waals surface area contributed by atoms with Crippen molar-refractivity contribution in [3.63, 3.8) is 0 Å². The molecule has 4 nitrogen and oxygen atoms in total. The molecule has 0 N–H and O–H groups in total. The Morgan fingerprint density at radius 1 is 1.38 bits per heavy atom. The van der Waals surface area contributed by atoms with Crippen molar-refractivity contribution < 1.29 is 9.53 Å². The predicted octanol–water partition coefficient (Wildman–Crippen LogP) is 0.989. The molecule has 0 aliphatic rings. The number of hydrogen-bond acceptors (Lipinski definition) is 4. The first kappa shape index (κ1) is 15.1. The van der Waals surface area contributed by atoms with Gasteiger partial charge in [-0.1, -0.05) is 6.08 Å². The lowest BCUT2D eigenvalue weighted by atomic mass is 10.3. The monoisotopic (exact) mass is 228 g/mol. The maximum Gasteiger partial charge on any atom is 0.320 e. The van der Waals surface area contributed by atoms with Crippen LogP contribution in [0.4, 0.5) is 0 Å². The summed E-state index contributed by atoms with van der Waals surface area (Å²) >= 11 is 0. The van der Waals surface area contributed by atoms with Gasteiger partial charge in [0.25, 0.3) is 0 Å². The second kappa shape index (κ2) is 9.36. The summed E-state index contributed by atoms with van der Waals surface area (Å²) in [5, 5.41) is 0. The van der Waals surface area contributed by atoms with E-state index in [-0.39, 0.29) is 5.97 Å². The standard InChI is InChI=1S/C12H24N2O2/c1-5-8-14(10-7-9-13(3)4)11-12(15)16-6-2/h5H,1,6-11H2,2-4H3. The number of nitrogens with zero attached hydrogens (tertiary/aromatic N) is 2. The van der Waals surface area contributed by atoms with Crippen LogP contribution in [0.5, 0.6) is 0 Å². The van der Waals surface area contributed by atoms with Crippen LogP contribution in [0.25, 0.3) is 0 Å². The Bertz CT molecular complexity index is 205. The number of carbonyl (C=O) groups is 1. The summed E-state index contributed by atoms with van der Waals surface area (Å²) < 4.78 is 4.92. The molecule has 0 atom stereocenters. The quantitative estimate of drug-likeness (QED) is 0.435. The van der Waals surface area contributed by atoms with Gasteiger partial charge in [0.15, 0.2) is 0 Å². The smallest absolute Gasteiger partial charge is 0.320 e. The number of hydrogen-bond donors (Lipinski definition) is 0. The van der Waals surface area contributed by atoms with Gasteiger partial charge in [0.2, 0.25) is 0 Å². The fourth-order valence-electron chi connectivity index (χ4n) is 1.42. The largest absolute Gasteiger partial charge is 0.465 e. The predicted molar refractivity (Wildman–Crippen MR) is 66.4 cm³/mol. The van der Waals surface area contributed by atoms with Crippen LogP contribution in [-0.4, -0.2) is 62.7 Å². The molecule has 0 aliphatic heterocycles. The average molecular weight is 228 g/mol. The molecule has 0 spiro atoms. The summed E-state index contributed by atoms with van der Waals surface area (Å²) in [4.78, 5) is 15.5. The zero-order chi connectivity index (χ0) is 12.4. The number of esters is 1. The van der Waals surface area contributed by atoms with Crippen LogP contribution in [0, 0.1) is 0 Å². The molecule has 0 rings (SSSR count). The fourth-order valence-corrected chi connectivity index (χ4v) is 1.42. The van der Waals surface area contributed by atoms with E-state index in [4.69, 9.17) is 4.74 Å². The molecular formula is C12H24N2O2. The Kier molecular flexibility index (Phi) is 8.85. The van der Waals surface area contributed by atoms with Crippen molar-refractivity contribution in [3.05, 3.63) is 12.7 Å². The number of rotatable bonds is 9. The van der Waals surface area contributed by atoms with E-state index in [1.54, 1.807) is 0 Å². The highest BCUT2D eigenvalue weighted by Gasteiger charge is 2.09. The molecular weight excluding hydrogens is 204 g/mol. The van der Waals surface area contributed by atoms with Crippen molar-refractivity contribution in [2.75, 3.05) is 46.9 Å². The van der Waals surface area contributed by atoms with E-state index in [9.17, 15) is 4.79 Å². The van der Waals surface area contributed by atoms with E-state index in [1.807, 2.05) is 27.1 Å². The maximum absolute atomic E-state index is 11.3. The van der Waals surface area contributed by atoms with Crippen LogP contribution < -0.4 is 0 Å². The lowest BCUT2D eigenvalue weighted by Gasteiger charge is -2.20. The normalized spacial score (nSPS) is 10.8. The molecule has 0 amide bonds. The van der Waals surface area contributed by atoms with E-state index < -0.39 is 0 Å². The molecule has 0 aromatic carbocycles. The number of ether oxygens (including phenoxy) is 1. The van der Waals surface area contributed by atoms with Gasteiger partial charge in [0.05, 0.1) is 13.2 Å². The third-order valence-corrected chi connectivity index (χ3v) is 2.12. The molecule has 0 bridgehead atoms. The van der Waals surface area contributed by atoms with Crippen LogP contribution in [0.2, 0.25) is 0 Å². The van der Waals surface area contributed by atoms with Crippen molar-refractivity contribution in [1.82, 2.24) is 9.80 Å². The van der Waals surface area contributed by atoms with Crippen molar-refractivity contribution in [3.8, 4) is 0 Å². The Labute approximate surface area is 98.9 Å². The minimum absolute atomic E-state index is 0.158. The summed E-state index contributed by atoms with van der Waals surface area (Å²) in [6, 6.07) is 0. The second-order valence-electron chi connectivity index (χ2n) is 3.99. The minimum Gasteiger partial charge on any atom is -0.465 e. The molecule has 0 saturated carbocycles. The topological polar surface area (TPSA) is 32.8 Å².